The fourth-order valence-corrected chi connectivity index (χ4v) is 2.59. The minimum absolute atomic E-state index is 0.588. The first-order valence-electron chi connectivity index (χ1n) is 6.61. The summed E-state index contributed by atoms with van der Waals surface area (Å²) in [6.45, 7) is 7.85. The second-order valence-electron chi connectivity index (χ2n) is 5.49. The van der Waals surface area contributed by atoms with Gasteiger partial charge in [-0.25, -0.2) is 0 Å². The van der Waals surface area contributed by atoms with Gasteiger partial charge < -0.3 is 11.1 Å². The summed E-state index contributed by atoms with van der Waals surface area (Å²) in [5.74, 6) is 0.717. The Morgan fingerprint density at radius 3 is 2.53 bits per heavy atom. The van der Waals surface area contributed by atoms with Crippen LogP contribution in [-0.4, -0.2) is 19.6 Å². The molecule has 0 aromatic carbocycles. The zero-order valence-electron chi connectivity index (χ0n) is 10.5. The van der Waals surface area contributed by atoms with E-state index >= 15 is 0 Å². The minimum Gasteiger partial charge on any atom is -0.330 e. The van der Waals surface area contributed by atoms with E-state index in [2.05, 4.69) is 19.2 Å². The van der Waals surface area contributed by atoms with E-state index in [4.69, 9.17) is 5.73 Å². The lowest BCUT2D eigenvalue weighted by molar-refractivity contribution is 0.309. The summed E-state index contributed by atoms with van der Waals surface area (Å²) in [6, 6.07) is 0. The van der Waals surface area contributed by atoms with Crippen LogP contribution < -0.4 is 11.1 Å². The van der Waals surface area contributed by atoms with Gasteiger partial charge in [0.05, 0.1) is 0 Å². The van der Waals surface area contributed by atoms with Crippen molar-refractivity contribution in [2.24, 2.45) is 17.1 Å². The molecule has 2 heteroatoms. The Morgan fingerprint density at radius 2 is 2.00 bits per heavy atom. The van der Waals surface area contributed by atoms with Gasteiger partial charge in [0, 0.05) is 6.54 Å². The zero-order chi connectivity index (χ0) is 11.1. The molecule has 0 saturated heterocycles. The highest BCUT2D eigenvalue weighted by Gasteiger charge is 2.27. The molecule has 0 aromatic rings. The van der Waals surface area contributed by atoms with Gasteiger partial charge in [-0.3, -0.25) is 0 Å². The number of hydrogen-bond acceptors (Lipinski definition) is 2. The standard InChI is InChI=1S/C13H28N2/c1-3-12(10-14)6-9-15-11-13(2)7-4-5-8-13/h12,15H,3-11,14H2,1-2H3. The fraction of sp³-hybridized carbons (Fsp3) is 1.00. The largest absolute Gasteiger partial charge is 0.330 e. The van der Waals surface area contributed by atoms with Crippen molar-refractivity contribution in [1.29, 1.82) is 0 Å². The number of nitrogens with one attached hydrogen (secondary N) is 1. The lowest BCUT2D eigenvalue weighted by Crippen LogP contribution is -2.31. The van der Waals surface area contributed by atoms with E-state index in [1.807, 2.05) is 0 Å². The molecule has 1 aliphatic rings. The van der Waals surface area contributed by atoms with Gasteiger partial charge >= 0.3 is 0 Å². The van der Waals surface area contributed by atoms with Crippen LogP contribution in [0.25, 0.3) is 0 Å². The van der Waals surface area contributed by atoms with Crippen molar-refractivity contribution in [2.75, 3.05) is 19.6 Å². The third-order valence-electron chi connectivity index (χ3n) is 4.00. The van der Waals surface area contributed by atoms with Crippen molar-refractivity contribution in [3.05, 3.63) is 0 Å². The zero-order valence-corrected chi connectivity index (χ0v) is 10.5. The molecule has 0 heterocycles. The maximum Gasteiger partial charge on any atom is 0.000516 e. The molecule has 1 unspecified atom stereocenters. The summed E-state index contributed by atoms with van der Waals surface area (Å²) in [4.78, 5) is 0. The summed E-state index contributed by atoms with van der Waals surface area (Å²) < 4.78 is 0. The van der Waals surface area contributed by atoms with E-state index in [0.717, 1.165) is 13.1 Å². The molecule has 1 rings (SSSR count). The SMILES string of the molecule is CCC(CN)CCNCC1(C)CCCC1. The van der Waals surface area contributed by atoms with Crippen LogP contribution in [0.4, 0.5) is 0 Å². The predicted molar refractivity (Wildman–Crippen MR) is 66.9 cm³/mol. The molecule has 3 N–H and O–H groups in total. The molecular weight excluding hydrogens is 184 g/mol. The molecule has 0 radical (unpaired) electrons. The molecule has 90 valence electrons. The number of rotatable bonds is 7. The van der Waals surface area contributed by atoms with Gasteiger partial charge in [0.2, 0.25) is 0 Å². The van der Waals surface area contributed by atoms with Gasteiger partial charge in [0.1, 0.15) is 0 Å². The Labute approximate surface area is 95.0 Å². The number of nitrogens with two attached hydrogens (primary N) is 1. The van der Waals surface area contributed by atoms with E-state index in [1.165, 1.54) is 45.1 Å². The second-order valence-corrected chi connectivity index (χ2v) is 5.49. The lowest BCUT2D eigenvalue weighted by atomic mass is 9.89. The molecule has 2 nitrogen and oxygen atoms in total. The summed E-state index contributed by atoms with van der Waals surface area (Å²) in [6.07, 6.45) is 8.14. The van der Waals surface area contributed by atoms with Gasteiger partial charge in [-0.05, 0) is 43.7 Å². The van der Waals surface area contributed by atoms with Gasteiger partial charge in [0.25, 0.3) is 0 Å². The Bertz CT molecular complexity index is 158. The van der Waals surface area contributed by atoms with Crippen molar-refractivity contribution in [2.45, 2.75) is 52.4 Å². The minimum atomic E-state index is 0.588. The highest BCUT2D eigenvalue weighted by atomic mass is 14.9. The van der Waals surface area contributed by atoms with Gasteiger partial charge in [0.15, 0.2) is 0 Å². The normalized spacial score (nSPS) is 21.8. The van der Waals surface area contributed by atoms with Crippen molar-refractivity contribution < 1.29 is 0 Å². The fourth-order valence-electron chi connectivity index (χ4n) is 2.59. The number of hydrogen-bond donors (Lipinski definition) is 2. The van der Waals surface area contributed by atoms with E-state index < -0.39 is 0 Å². The molecule has 0 bridgehead atoms. The van der Waals surface area contributed by atoms with Gasteiger partial charge in [-0.2, -0.15) is 0 Å². The predicted octanol–water partition coefficient (Wildman–Crippen LogP) is 2.53. The molecule has 0 aromatic heterocycles. The Kier molecular flexibility index (Phi) is 5.62. The van der Waals surface area contributed by atoms with E-state index in [1.54, 1.807) is 0 Å². The van der Waals surface area contributed by atoms with E-state index in [9.17, 15) is 0 Å². The molecule has 0 spiro atoms. The summed E-state index contributed by atoms with van der Waals surface area (Å²) in [7, 11) is 0. The van der Waals surface area contributed by atoms with Crippen LogP contribution in [0, 0.1) is 11.3 Å². The molecule has 1 saturated carbocycles. The van der Waals surface area contributed by atoms with Crippen molar-refractivity contribution >= 4 is 0 Å². The highest BCUT2D eigenvalue weighted by molar-refractivity contribution is 4.82. The van der Waals surface area contributed by atoms with Gasteiger partial charge in [-0.1, -0.05) is 33.1 Å². The Morgan fingerprint density at radius 1 is 1.33 bits per heavy atom. The summed E-state index contributed by atoms with van der Waals surface area (Å²) >= 11 is 0. The smallest absolute Gasteiger partial charge is 0.000516 e. The van der Waals surface area contributed by atoms with Crippen LogP contribution in [0.5, 0.6) is 0 Å². The monoisotopic (exact) mass is 212 g/mol. The van der Waals surface area contributed by atoms with Crippen LogP contribution in [0.2, 0.25) is 0 Å². The van der Waals surface area contributed by atoms with Crippen molar-refractivity contribution in [3.63, 3.8) is 0 Å². The topological polar surface area (TPSA) is 38.0 Å². The third-order valence-corrected chi connectivity index (χ3v) is 4.00. The van der Waals surface area contributed by atoms with Crippen LogP contribution in [0.3, 0.4) is 0 Å². The first-order valence-corrected chi connectivity index (χ1v) is 6.61. The maximum atomic E-state index is 5.69. The van der Waals surface area contributed by atoms with Gasteiger partial charge in [-0.15, -0.1) is 0 Å². The Hall–Kier alpha value is -0.0800. The van der Waals surface area contributed by atoms with E-state index in [0.29, 0.717) is 11.3 Å². The third kappa shape index (κ3) is 4.52. The average molecular weight is 212 g/mol. The molecule has 0 aliphatic heterocycles. The molecular formula is C13H28N2. The first-order chi connectivity index (χ1) is 7.20. The maximum absolute atomic E-state index is 5.69. The van der Waals surface area contributed by atoms with Crippen LogP contribution in [-0.2, 0) is 0 Å². The average Bonchev–Trinajstić information content (AvgIpc) is 2.66. The van der Waals surface area contributed by atoms with Crippen molar-refractivity contribution in [3.8, 4) is 0 Å². The van der Waals surface area contributed by atoms with Crippen LogP contribution >= 0.6 is 0 Å². The quantitative estimate of drug-likeness (QED) is 0.636. The lowest BCUT2D eigenvalue weighted by Gasteiger charge is -2.24. The Balaban J connectivity index is 2.05. The second kappa shape index (κ2) is 6.49. The highest BCUT2D eigenvalue weighted by Crippen LogP contribution is 2.36. The molecule has 1 atom stereocenters. The van der Waals surface area contributed by atoms with E-state index in [-0.39, 0.29) is 0 Å². The molecule has 1 aliphatic carbocycles. The van der Waals surface area contributed by atoms with Crippen LogP contribution in [0.15, 0.2) is 0 Å². The van der Waals surface area contributed by atoms with Crippen LogP contribution in [0.1, 0.15) is 52.4 Å². The molecule has 1 fully saturated rings. The molecule has 15 heavy (non-hydrogen) atoms. The first kappa shape index (κ1) is 13.0. The van der Waals surface area contributed by atoms with Crippen molar-refractivity contribution in [1.82, 2.24) is 5.32 Å². The molecule has 0 amide bonds. The summed E-state index contributed by atoms with van der Waals surface area (Å²) in [5, 5.41) is 3.61. The summed E-state index contributed by atoms with van der Waals surface area (Å²) in [5.41, 5.74) is 6.27.